The zero-order valence-electron chi connectivity index (χ0n) is 11.8. The zero-order valence-corrected chi connectivity index (χ0v) is 12.6. The Labute approximate surface area is 135 Å². The van der Waals surface area contributed by atoms with E-state index in [2.05, 4.69) is 4.98 Å². The third kappa shape index (κ3) is 3.78. The molecule has 3 rings (SSSR count). The van der Waals surface area contributed by atoms with Crippen LogP contribution in [0.5, 0.6) is 0 Å². The molecular formula is C17H11F2NO2S. The van der Waals surface area contributed by atoms with E-state index in [1.807, 2.05) is 0 Å². The van der Waals surface area contributed by atoms with E-state index in [-0.39, 0.29) is 18.0 Å². The summed E-state index contributed by atoms with van der Waals surface area (Å²) in [6.45, 7) is 0.0217. The highest BCUT2D eigenvalue weighted by atomic mass is 32.1. The third-order valence-corrected chi connectivity index (χ3v) is 4.01. The lowest BCUT2D eigenvalue weighted by Crippen LogP contribution is -2.05. The van der Waals surface area contributed by atoms with Gasteiger partial charge in [-0.05, 0) is 48.5 Å². The van der Waals surface area contributed by atoms with Gasteiger partial charge < -0.3 is 4.74 Å². The molecule has 0 bridgehead atoms. The molecule has 0 spiro atoms. The van der Waals surface area contributed by atoms with Gasteiger partial charge in [-0.1, -0.05) is 0 Å². The first-order chi connectivity index (χ1) is 11.1. The molecule has 0 atom stereocenters. The van der Waals surface area contributed by atoms with Gasteiger partial charge in [0, 0.05) is 10.9 Å². The van der Waals surface area contributed by atoms with Gasteiger partial charge in [0.05, 0.1) is 11.3 Å². The Morgan fingerprint density at radius 3 is 2.26 bits per heavy atom. The molecule has 116 valence electrons. The van der Waals surface area contributed by atoms with E-state index in [0.29, 0.717) is 5.69 Å². The predicted molar refractivity (Wildman–Crippen MR) is 83.0 cm³/mol. The summed E-state index contributed by atoms with van der Waals surface area (Å²) in [5.41, 5.74) is 1.68. The van der Waals surface area contributed by atoms with Crippen molar-refractivity contribution in [2.45, 2.75) is 6.61 Å². The first-order valence-electron chi connectivity index (χ1n) is 6.75. The Morgan fingerprint density at radius 1 is 1.00 bits per heavy atom. The summed E-state index contributed by atoms with van der Waals surface area (Å²) in [5.74, 6) is -1.26. The molecule has 3 aromatic rings. The highest BCUT2D eigenvalue weighted by Gasteiger charge is 2.10. The van der Waals surface area contributed by atoms with Crippen LogP contribution >= 0.6 is 11.3 Å². The minimum Gasteiger partial charge on any atom is -0.456 e. The molecule has 23 heavy (non-hydrogen) atoms. The predicted octanol–water partition coefficient (Wildman–Crippen LogP) is 4.45. The van der Waals surface area contributed by atoms with Crippen molar-refractivity contribution in [3.63, 3.8) is 0 Å². The van der Waals surface area contributed by atoms with Gasteiger partial charge in [0.1, 0.15) is 23.2 Å². The van der Waals surface area contributed by atoms with E-state index in [0.717, 1.165) is 10.6 Å². The average molecular weight is 331 g/mol. The van der Waals surface area contributed by atoms with Crippen LogP contribution < -0.4 is 0 Å². The number of nitrogens with zero attached hydrogens (tertiary/aromatic N) is 1. The normalized spacial score (nSPS) is 10.5. The monoisotopic (exact) mass is 331 g/mol. The van der Waals surface area contributed by atoms with Crippen LogP contribution in [-0.4, -0.2) is 11.0 Å². The number of carbonyl (C=O) groups excluding carboxylic acids is 1. The number of halogens is 2. The summed E-state index contributed by atoms with van der Waals surface area (Å²) in [6, 6.07) is 11.1. The molecule has 1 heterocycles. The third-order valence-electron chi connectivity index (χ3n) is 3.07. The van der Waals surface area contributed by atoms with Gasteiger partial charge in [0.15, 0.2) is 0 Å². The van der Waals surface area contributed by atoms with Gasteiger partial charge in [-0.25, -0.2) is 18.6 Å². The largest absolute Gasteiger partial charge is 0.456 e. The topological polar surface area (TPSA) is 39.2 Å². The van der Waals surface area contributed by atoms with Crippen LogP contribution in [0.4, 0.5) is 8.78 Å². The van der Waals surface area contributed by atoms with Gasteiger partial charge in [-0.2, -0.15) is 0 Å². The second-order valence-corrected chi connectivity index (χ2v) is 5.59. The van der Waals surface area contributed by atoms with E-state index in [1.165, 1.54) is 47.7 Å². The molecule has 0 aliphatic carbocycles. The molecule has 0 aliphatic rings. The molecule has 6 heteroatoms. The summed E-state index contributed by atoms with van der Waals surface area (Å²) >= 11 is 1.38. The first-order valence-corrected chi connectivity index (χ1v) is 7.63. The van der Waals surface area contributed by atoms with Gasteiger partial charge in [0.25, 0.3) is 0 Å². The molecule has 0 saturated carbocycles. The minimum absolute atomic E-state index is 0.0217. The maximum absolute atomic E-state index is 12.9. The second kappa shape index (κ2) is 6.66. The van der Waals surface area contributed by atoms with Crippen LogP contribution in [0.3, 0.4) is 0 Å². The summed E-state index contributed by atoms with van der Waals surface area (Å²) in [7, 11) is 0. The number of aromatic nitrogens is 1. The molecule has 0 amide bonds. The van der Waals surface area contributed by atoms with Crippen LogP contribution in [0.1, 0.15) is 16.1 Å². The SMILES string of the molecule is O=C(OCc1csc(-c2ccc(F)cc2)n1)c1ccc(F)cc1. The Hall–Kier alpha value is -2.60. The van der Waals surface area contributed by atoms with Crippen molar-refractivity contribution in [2.75, 3.05) is 0 Å². The maximum Gasteiger partial charge on any atom is 0.338 e. The summed E-state index contributed by atoms with van der Waals surface area (Å²) in [5, 5.41) is 2.49. The summed E-state index contributed by atoms with van der Waals surface area (Å²) in [6.07, 6.45) is 0. The van der Waals surface area contributed by atoms with Gasteiger partial charge >= 0.3 is 5.97 Å². The number of rotatable bonds is 4. The van der Waals surface area contributed by atoms with Crippen LogP contribution in [0, 0.1) is 11.6 Å². The fourth-order valence-corrected chi connectivity index (χ4v) is 2.72. The van der Waals surface area contributed by atoms with E-state index in [1.54, 1.807) is 17.5 Å². The Balaban J connectivity index is 1.64. The first kappa shape index (κ1) is 15.3. The number of esters is 1. The maximum atomic E-state index is 12.9. The second-order valence-electron chi connectivity index (χ2n) is 4.73. The number of benzene rings is 2. The van der Waals surface area contributed by atoms with Crippen LogP contribution in [0.25, 0.3) is 10.6 Å². The molecule has 0 saturated heterocycles. The fraction of sp³-hybridized carbons (Fsp3) is 0.0588. The standard InChI is InChI=1S/C17H11F2NO2S/c18-13-5-1-11(2-6-13)16-20-15(10-23-16)9-22-17(21)12-3-7-14(19)8-4-12/h1-8,10H,9H2. The van der Waals surface area contributed by atoms with Gasteiger partial charge in [0.2, 0.25) is 0 Å². The summed E-state index contributed by atoms with van der Waals surface area (Å²) < 4.78 is 30.9. The van der Waals surface area contributed by atoms with Crippen LogP contribution in [0.2, 0.25) is 0 Å². The van der Waals surface area contributed by atoms with Crippen molar-refractivity contribution in [3.05, 3.63) is 76.8 Å². The lowest BCUT2D eigenvalue weighted by Gasteiger charge is -2.02. The Bertz CT molecular complexity index is 813. The Morgan fingerprint density at radius 2 is 1.61 bits per heavy atom. The quantitative estimate of drug-likeness (QED) is 0.663. The molecule has 0 N–H and O–H groups in total. The molecule has 0 fully saturated rings. The van der Waals surface area contributed by atoms with Crippen molar-refractivity contribution < 1.29 is 18.3 Å². The smallest absolute Gasteiger partial charge is 0.338 e. The molecule has 0 radical (unpaired) electrons. The number of carbonyl (C=O) groups is 1. The molecule has 0 unspecified atom stereocenters. The minimum atomic E-state index is -0.540. The Kier molecular flexibility index (Phi) is 4.43. The zero-order chi connectivity index (χ0) is 16.2. The van der Waals surface area contributed by atoms with Crippen molar-refractivity contribution in [3.8, 4) is 10.6 Å². The van der Waals surface area contributed by atoms with E-state index < -0.39 is 11.8 Å². The van der Waals surface area contributed by atoms with Gasteiger partial charge in [-0.15, -0.1) is 11.3 Å². The fourth-order valence-electron chi connectivity index (χ4n) is 1.91. The summed E-state index contributed by atoms with van der Waals surface area (Å²) in [4.78, 5) is 16.2. The van der Waals surface area contributed by atoms with E-state index in [4.69, 9.17) is 4.74 Å². The number of hydrogen-bond donors (Lipinski definition) is 0. The highest BCUT2D eigenvalue weighted by molar-refractivity contribution is 7.13. The van der Waals surface area contributed by atoms with Crippen molar-refractivity contribution >= 4 is 17.3 Å². The van der Waals surface area contributed by atoms with Gasteiger partial charge in [-0.3, -0.25) is 0 Å². The lowest BCUT2D eigenvalue weighted by atomic mass is 10.2. The van der Waals surface area contributed by atoms with Crippen molar-refractivity contribution in [1.29, 1.82) is 0 Å². The van der Waals surface area contributed by atoms with E-state index >= 15 is 0 Å². The molecular weight excluding hydrogens is 320 g/mol. The number of hydrogen-bond acceptors (Lipinski definition) is 4. The average Bonchev–Trinajstić information content (AvgIpc) is 3.03. The molecule has 2 aromatic carbocycles. The molecule has 1 aromatic heterocycles. The van der Waals surface area contributed by atoms with Crippen molar-refractivity contribution in [1.82, 2.24) is 4.98 Å². The van der Waals surface area contributed by atoms with Crippen LogP contribution in [0.15, 0.2) is 53.9 Å². The number of ether oxygens (including phenoxy) is 1. The molecule has 0 aliphatic heterocycles. The molecule has 3 nitrogen and oxygen atoms in total. The van der Waals surface area contributed by atoms with Crippen molar-refractivity contribution in [2.24, 2.45) is 0 Å². The number of thiazole rings is 1. The van der Waals surface area contributed by atoms with Crippen LogP contribution in [-0.2, 0) is 11.3 Å². The van der Waals surface area contributed by atoms with E-state index in [9.17, 15) is 13.6 Å². The lowest BCUT2D eigenvalue weighted by molar-refractivity contribution is 0.0468. The highest BCUT2D eigenvalue weighted by Crippen LogP contribution is 2.24.